The molecule has 2 heterocycles. The summed E-state index contributed by atoms with van der Waals surface area (Å²) in [5.41, 5.74) is 0.837. The van der Waals surface area contributed by atoms with Crippen molar-refractivity contribution < 1.29 is 12.9 Å². The molecule has 2 aromatic heterocycles. The Balaban J connectivity index is 2.25. The van der Waals surface area contributed by atoms with Crippen LogP contribution in [0.25, 0.3) is 0 Å². The molecule has 0 fully saturated rings. The molecule has 2 rings (SSSR count). The molecule has 0 aliphatic heterocycles. The van der Waals surface area contributed by atoms with E-state index < -0.39 is 10.0 Å². The topological polar surface area (TPSA) is 72.2 Å². The highest BCUT2D eigenvalue weighted by molar-refractivity contribution is 7.94. The van der Waals surface area contributed by atoms with Gasteiger partial charge in [-0.25, -0.2) is 8.42 Å². The maximum Gasteiger partial charge on any atom is 0.272 e. The van der Waals surface area contributed by atoms with Gasteiger partial charge < -0.3 is 4.52 Å². The molecular weight excluding hydrogens is 296 g/mol. The predicted octanol–water partition coefficient (Wildman–Crippen LogP) is 3.50. The first kappa shape index (κ1) is 15.1. The molecule has 0 bridgehead atoms. The van der Waals surface area contributed by atoms with Gasteiger partial charge in [0.05, 0.1) is 0 Å². The maximum absolute atomic E-state index is 12.3. The SMILES string of the molecule is CCCCc1c(NS(=O)(=O)c2ccc(C)s2)noc1C. The molecule has 0 saturated heterocycles. The molecular formula is C13H18N2O3S2. The number of thiophene rings is 1. The van der Waals surface area contributed by atoms with Gasteiger partial charge in [0.1, 0.15) is 9.97 Å². The molecule has 0 unspecified atom stereocenters. The summed E-state index contributed by atoms with van der Waals surface area (Å²) in [5.74, 6) is 0.973. The highest BCUT2D eigenvalue weighted by atomic mass is 32.2. The molecule has 2 aromatic rings. The van der Waals surface area contributed by atoms with E-state index in [1.807, 2.05) is 6.92 Å². The Bertz CT molecular complexity index is 686. The zero-order valence-corrected chi connectivity index (χ0v) is 13.4. The maximum atomic E-state index is 12.3. The second kappa shape index (κ2) is 5.97. The van der Waals surface area contributed by atoms with Gasteiger partial charge in [-0.2, -0.15) is 0 Å². The number of hydrogen-bond acceptors (Lipinski definition) is 5. The number of nitrogens with one attached hydrogen (secondary N) is 1. The molecule has 0 aliphatic rings. The second-order valence-electron chi connectivity index (χ2n) is 4.64. The third-order valence-electron chi connectivity index (χ3n) is 2.98. The van der Waals surface area contributed by atoms with Crippen LogP contribution in [-0.2, 0) is 16.4 Å². The fourth-order valence-electron chi connectivity index (χ4n) is 1.85. The monoisotopic (exact) mass is 314 g/mol. The van der Waals surface area contributed by atoms with Crippen molar-refractivity contribution >= 4 is 27.2 Å². The summed E-state index contributed by atoms with van der Waals surface area (Å²) >= 11 is 1.24. The van der Waals surface area contributed by atoms with Crippen LogP contribution >= 0.6 is 11.3 Å². The lowest BCUT2D eigenvalue weighted by Gasteiger charge is -2.05. The van der Waals surface area contributed by atoms with Gasteiger partial charge in [-0.3, -0.25) is 4.72 Å². The van der Waals surface area contributed by atoms with Crippen molar-refractivity contribution in [1.82, 2.24) is 5.16 Å². The molecule has 110 valence electrons. The molecule has 0 atom stereocenters. The van der Waals surface area contributed by atoms with Crippen LogP contribution in [0.15, 0.2) is 20.9 Å². The van der Waals surface area contributed by atoms with Crippen LogP contribution in [0, 0.1) is 13.8 Å². The summed E-state index contributed by atoms with van der Waals surface area (Å²) in [7, 11) is -3.58. The van der Waals surface area contributed by atoms with E-state index in [1.165, 1.54) is 11.3 Å². The Morgan fingerprint density at radius 1 is 1.35 bits per heavy atom. The summed E-state index contributed by atoms with van der Waals surface area (Å²) < 4.78 is 32.5. The van der Waals surface area contributed by atoms with Gasteiger partial charge in [-0.1, -0.05) is 18.5 Å². The summed E-state index contributed by atoms with van der Waals surface area (Å²) in [5, 5.41) is 3.83. The Morgan fingerprint density at radius 3 is 2.70 bits per heavy atom. The fourth-order valence-corrected chi connectivity index (χ4v) is 4.16. The minimum atomic E-state index is -3.58. The second-order valence-corrected chi connectivity index (χ2v) is 7.84. The van der Waals surface area contributed by atoms with Crippen molar-refractivity contribution in [3.05, 3.63) is 28.3 Å². The summed E-state index contributed by atoms with van der Waals surface area (Å²) in [4.78, 5) is 0.952. The van der Waals surface area contributed by atoms with Crippen LogP contribution in [0.5, 0.6) is 0 Å². The van der Waals surface area contributed by atoms with E-state index >= 15 is 0 Å². The third kappa shape index (κ3) is 3.21. The van der Waals surface area contributed by atoms with Crippen LogP contribution in [0.2, 0.25) is 0 Å². The van der Waals surface area contributed by atoms with E-state index in [4.69, 9.17) is 4.52 Å². The highest BCUT2D eigenvalue weighted by Crippen LogP contribution is 2.26. The minimum absolute atomic E-state index is 0.289. The fraction of sp³-hybridized carbons (Fsp3) is 0.462. The minimum Gasteiger partial charge on any atom is -0.359 e. The number of aromatic nitrogens is 1. The number of unbranched alkanes of at least 4 members (excludes halogenated alkanes) is 1. The van der Waals surface area contributed by atoms with Gasteiger partial charge in [0.2, 0.25) is 0 Å². The molecule has 0 radical (unpaired) electrons. The van der Waals surface area contributed by atoms with Gasteiger partial charge in [-0.05, 0) is 38.8 Å². The van der Waals surface area contributed by atoms with Crippen LogP contribution in [-0.4, -0.2) is 13.6 Å². The number of hydrogen-bond donors (Lipinski definition) is 1. The zero-order chi connectivity index (χ0) is 14.8. The van der Waals surface area contributed by atoms with Crippen molar-refractivity contribution in [2.45, 2.75) is 44.2 Å². The summed E-state index contributed by atoms with van der Waals surface area (Å²) in [6, 6.07) is 3.38. The molecule has 0 amide bonds. The van der Waals surface area contributed by atoms with E-state index in [0.29, 0.717) is 11.6 Å². The van der Waals surface area contributed by atoms with Crippen molar-refractivity contribution in [3.63, 3.8) is 0 Å². The lowest BCUT2D eigenvalue weighted by molar-refractivity contribution is 0.398. The van der Waals surface area contributed by atoms with E-state index in [2.05, 4.69) is 16.8 Å². The first-order valence-electron chi connectivity index (χ1n) is 6.48. The van der Waals surface area contributed by atoms with Gasteiger partial charge in [0.15, 0.2) is 5.82 Å². The number of anilines is 1. The standard InChI is InChI=1S/C13H18N2O3S2/c1-4-5-6-11-10(3)18-14-13(11)15-20(16,17)12-8-7-9(2)19-12/h7-8H,4-6H2,1-3H3,(H,14,15). The van der Waals surface area contributed by atoms with E-state index in [0.717, 1.165) is 29.7 Å². The average molecular weight is 314 g/mol. The molecule has 0 saturated carbocycles. The van der Waals surface area contributed by atoms with Crippen molar-refractivity contribution in [1.29, 1.82) is 0 Å². The van der Waals surface area contributed by atoms with E-state index in [-0.39, 0.29) is 4.21 Å². The normalized spacial score (nSPS) is 11.8. The van der Waals surface area contributed by atoms with Gasteiger partial charge in [0.25, 0.3) is 10.0 Å². The molecule has 20 heavy (non-hydrogen) atoms. The number of sulfonamides is 1. The quantitative estimate of drug-likeness (QED) is 0.885. The Kier molecular flexibility index (Phi) is 4.49. The molecule has 7 heteroatoms. The van der Waals surface area contributed by atoms with Crippen molar-refractivity contribution in [3.8, 4) is 0 Å². The number of nitrogens with zero attached hydrogens (tertiary/aromatic N) is 1. The number of aryl methyl sites for hydroxylation is 2. The summed E-state index contributed by atoms with van der Waals surface area (Å²) in [6.45, 7) is 5.75. The molecule has 0 spiro atoms. The largest absolute Gasteiger partial charge is 0.359 e. The lowest BCUT2D eigenvalue weighted by Crippen LogP contribution is -2.13. The van der Waals surface area contributed by atoms with Crippen LogP contribution in [0.3, 0.4) is 0 Å². The third-order valence-corrected chi connectivity index (χ3v) is 5.81. The lowest BCUT2D eigenvalue weighted by atomic mass is 10.1. The van der Waals surface area contributed by atoms with Crippen molar-refractivity contribution in [2.24, 2.45) is 0 Å². The molecule has 0 aliphatic carbocycles. The molecule has 0 aromatic carbocycles. The zero-order valence-electron chi connectivity index (χ0n) is 11.8. The molecule has 1 N–H and O–H groups in total. The first-order valence-corrected chi connectivity index (χ1v) is 8.78. The summed E-state index contributed by atoms with van der Waals surface area (Å²) in [6.07, 6.45) is 2.75. The Morgan fingerprint density at radius 2 is 2.10 bits per heavy atom. The van der Waals surface area contributed by atoms with Gasteiger partial charge >= 0.3 is 0 Å². The van der Waals surface area contributed by atoms with E-state index in [1.54, 1.807) is 19.1 Å². The Hall–Kier alpha value is -1.34. The van der Waals surface area contributed by atoms with Gasteiger partial charge in [-0.15, -0.1) is 11.3 Å². The van der Waals surface area contributed by atoms with E-state index in [9.17, 15) is 8.42 Å². The van der Waals surface area contributed by atoms with Crippen molar-refractivity contribution in [2.75, 3.05) is 4.72 Å². The smallest absolute Gasteiger partial charge is 0.272 e. The van der Waals surface area contributed by atoms with Crippen LogP contribution in [0.1, 0.15) is 36.0 Å². The average Bonchev–Trinajstić information content (AvgIpc) is 2.95. The predicted molar refractivity (Wildman–Crippen MR) is 79.7 cm³/mol. The highest BCUT2D eigenvalue weighted by Gasteiger charge is 2.21. The first-order chi connectivity index (χ1) is 9.44. The Labute approximate surface area is 123 Å². The van der Waals surface area contributed by atoms with Crippen LogP contribution < -0.4 is 4.72 Å². The van der Waals surface area contributed by atoms with Gasteiger partial charge in [0, 0.05) is 10.4 Å². The number of rotatable bonds is 6. The van der Waals surface area contributed by atoms with Crippen LogP contribution in [0.4, 0.5) is 5.82 Å². The molecule has 5 nitrogen and oxygen atoms in total.